The molecule has 3 rings (SSSR count). The van der Waals surface area contributed by atoms with E-state index in [2.05, 4.69) is 14.8 Å². The zero-order valence-electron chi connectivity index (χ0n) is 11.6. The zero-order chi connectivity index (χ0) is 13.9. The smallest absolute Gasteiger partial charge is 0.196 e. The predicted octanol–water partition coefficient (Wildman–Crippen LogP) is 3.21. The van der Waals surface area contributed by atoms with Crippen LogP contribution < -0.4 is 0 Å². The highest BCUT2D eigenvalue weighted by Crippen LogP contribution is 2.29. The summed E-state index contributed by atoms with van der Waals surface area (Å²) in [7, 11) is 0. The Morgan fingerprint density at radius 3 is 2.70 bits per heavy atom. The molecule has 0 bridgehead atoms. The average Bonchev–Trinajstić information content (AvgIpc) is 2.69. The first kappa shape index (κ1) is 13.6. The maximum absolute atomic E-state index is 9.53. The molecular weight excluding hydrogens is 270 g/mol. The lowest BCUT2D eigenvalue weighted by atomic mass is 10.1. The highest BCUT2D eigenvalue weighted by molar-refractivity contribution is 7.99. The molecule has 0 aliphatic carbocycles. The largest absolute Gasteiger partial charge is 0.389 e. The van der Waals surface area contributed by atoms with E-state index in [0.717, 1.165) is 34.4 Å². The molecule has 5 heteroatoms. The van der Waals surface area contributed by atoms with Crippen LogP contribution in [-0.2, 0) is 13.0 Å². The zero-order valence-corrected chi connectivity index (χ0v) is 12.4. The standard InChI is InChI=1S/C15H19N3OS/c1-11(19)12-6-8-13(9-7-12)20-15-17-16-14-5-3-2-4-10-18(14)15/h6-9,11,19H,2-5,10H2,1H3/t11-/m0/s1. The van der Waals surface area contributed by atoms with Gasteiger partial charge in [0.15, 0.2) is 5.16 Å². The van der Waals surface area contributed by atoms with Gasteiger partial charge in [-0.2, -0.15) is 0 Å². The number of aliphatic hydroxyl groups is 1. The predicted molar refractivity (Wildman–Crippen MR) is 78.8 cm³/mol. The van der Waals surface area contributed by atoms with Gasteiger partial charge in [-0.25, -0.2) is 0 Å². The lowest BCUT2D eigenvalue weighted by Gasteiger charge is -2.08. The molecule has 0 saturated heterocycles. The molecule has 1 aliphatic heterocycles. The van der Waals surface area contributed by atoms with Gasteiger partial charge in [-0.05, 0) is 49.2 Å². The fraction of sp³-hybridized carbons (Fsp3) is 0.467. The van der Waals surface area contributed by atoms with Gasteiger partial charge < -0.3 is 9.67 Å². The second-order valence-electron chi connectivity index (χ2n) is 5.21. The Hall–Kier alpha value is -1.33. The minimum Gasteiger partial charge on any atom is -0.389 e. The maximum Gasteiger partial charge on any atom is 0.196 e. The first-order valence-corrected chi connectivity index (χ1v) is 7.93. The van der Waals surface area contributed by atoms with Gasteiger partial charge in [0, 0.05) is 17.9 Å². The fourth-order valence-electron chi connectivity index (χ4n) is 2.45. The van der Waals surface area contributed by atoms with Crippen molar-refractivity contribution in [2.45, 2.75) is 55.3 Å². The van der Waals surface area contributed by atoms with Crippen LogP contribution in [0.1, 0.15) is 43.7 Å². The number of benzene rings is 1. The first-order valence-electron chi connectivity index (χ1n) is 7.12. The fourth-order valence-corrected chi connectivity index (χ4v) is 3.33. The van der Waals surface area contributed by atoms with Crippen molar-refractivity contribution in [3.8, 4) is 0 Å². The summed E-state index contributed by atoms with van der Waals surface area (Å²) in [6.45, 7) is 2.80. The molecule has 1 aromatic carbocycles. The Morgan fingerprint density at radius 1 is 1.15 bits per heavy atom. The summed E-state index contributed by atoms with van der Waals surface area (Å²) >= 11 is 1.65. The Labute approximate surface area is 123 Å². The number of hydrogen-bond donors (Lipinski definition) is 1. The molecule has 106 valence electrons. The molecular formula is C15H19N3OS. The van der Waals surface area contributed by atoms with E-state index in [1.54, 1.807) is 18.7 Å². The van der Waals surface area contributed by atoms with Gasteiger partial charge in [-0.3, -0.25) is 0 Å². The lowest BCUT2D eigenvalue weighted by molar-refractivity contribution is 0.199. The van der Waals surface area contributed by atoms with E-state index in [0.29, 0.717) is 0 Å². The van der Waals surface area contributed by atoms with Crippen LogP contribution in [0.15, 0.2) is 34.3 Å². The number of fused-ring (bicyclic) bond motifs is 1. The van der Waals surface area contributed by atoms with Gasteiger partial charge in [0.2, 0.25) is 0 Å². The topological polar surface area (TPSA) is 50.9 Å². The second-order valence-corrected chi connectivity index (χ2v) is 6.25. The van der Waals surface area contributed by atoms with Crippen molar-refractivity contribution in [2.75, 3.05) is 0 Å². The molecule has 0 fully saturated rings. The van der Waals surface area contributed by atoms with Crippen LogP contribution >= 0.6 is 11.8 Å². The number of nitrogens with zero attached hydrogens (tertiary/aromatic N) is 3. The summed E-state index contributed by atoms with van der Waals surface area (Å²) in [5, 5.41) is 19.1. The van der Waals surface area contributed by atoms with E-state index in [9.17, 15) is 5.11 Å². The van der Waals surface area contributed by atoms with Crippen molar-refractivity contribution < 1.29 is 5.11 Å². The third-order valence-corrected chi connectivity index (χ3v) is 4.64. The molecule has 0 unspecified atom stereocenters. The third kappa shape index (κ3) is 2.88. The first-order chi connectivity index (χ1) is 9.74. The van der Waals surface area contributed by atoms with Gasteiger partial charge in [0.05, 0.1) is 6.10 Å². The van der Waals surface area contributed by atoms with E-state index in [1.165, 1.54) is 19.3 Å². The van der Waals surface area contributed by atoms with Gasteiger partial charge in [0.1, 0.15) is 5.82 Å². The molecule has 0 amide bonds. The van der Waals surface area contributed by atoms with Crippen LogP contribution in [-0.4, -0.2) is 19.9 Å². The quantitative estimate of drug-likeness (QED) is 0.942. The number of aryl methyl sites for hydroxylation is 1. The SMILES string of the molecule is C[C@H](O)c1ccc(Sc2nnc3n2CCCCC3)cc1. The van der Waals surface area contributed by atoms with Crippen LogP contribution in [0.3, 0.4) is 0 Å². The molecule has 1 N–H and O–H groups in total. The molecule has 1 atom stereocenters. The summed E-state index contributed by atoms with van der Waals surface area (Å²) in [4.78, 5) is 1.13. The number of aliphatic hydroxyl groups excluding tert-OH is 1. The normalized spacial score (nSPS) is 16.5. The van der Waals surface area contributed by atoms with Gasteiger partial charge >= 0.3 is 0 Å². The molecule has 0 radical (unpaired) electrons. The van der Waals surface area contributed by atoms with E-state index < -0.39 is 6.10 Å². The van der Waals surface area contributed by atoms with Crippen molar-refractivity contribution in [3.63, 3.8) is 0 Å². The number of aromatic nitrogens is 3. The van der Waals surface area contributed by atoms with Crippen molar-refractivity contribution >= 4 is 11.8 Å². The molecule has 0 spiro atoms. The minimum atomic E-state index is -0.418. The second kappa shape index (κ2) is 5.97. The Morgan fingerprint density at radius 2 is 1.95 bits per heavy atom. The van der Waals surface area contributed by atoms with E-state index >= 15 is 0 Å². The van der Waals surface area contributed by atoms with Crippen LogP contribution in [0.2, 0.25) is 0 Å². The van der Waals surface area contributed by atoms with Crippen LogP contribution in [0.5, 0.6) is 0 Å². The number of hydrogen-bond acceptors (Lipinski definition) is 4. The maximum atomic E-state index is 9.53. The molecule has 4 nitrogen and oxygen atoms in total. The molecule has 1 aromatic heterocycles. The molecule has 20 heavy (non-hydrogen) atoms. The summed E-state index contributed by atoms with van der Waals surface area (Å²) in [6, 6.07) is 8.00. The summed E-state index contributed by atoms with van der Waals surface area (Å²) in [5.74, 6) is 1.12. The Bertz CT molecular complexity index is 577. The van der Waals surface area contributed by atoms with Crippen molar-refractivity contribution in [1.82, 2.24) is 14.8 Å². The molecule has 2 heterocycles. The van der Waals surface area contributed by atoms with Gasteiger partial charge in [-0.15, -0.1) is 10.2 Å². The minimum absolute atomic E-state index is 0.418. The highest BCUT2D eigenvalue weighted by Gasteiger charge is 2.15. The molecule has 1 aliphatic rings. The van der Waals surface area contributed by atoms with Crippen molar-refractivity contribution in [2.24, 2.45) is 0 Å². The van der Waals surface area contributed by atoms with E-state index in [1.807, 2.05) is 24.3 Å². The molecule has 0 saturated carbocycles. The summed E-state index contributed by atoms with van der Waals surface area (Å²) < 4.78 is 2.25. The summed E-state index contributed by atoms with van der Waals surface area (Å²) in [6.07, 6.45) is 4.31. The van der Waals surface area contributed by atoms with Crippen molar-refractivity contribution in [1.29, 1.82) is 0 Å². The highest BCUT2D eigenvalue weighted by atomic mass is 32.2. The monoisotopic (exact) mass is 289 g/mol. The Balaban J connectivity index is 1.79. The number of rotatable bonds is 3. The lowest BCUT2D eigenvalue weighted by Crippen LogP contribution is -2.02. The van der Waals surface area contributed by atoms with Gasteiger partial charge in [-0.1, -0.05) is 18.6 Å². The Kier molecular flexibility index (Phi) is 4.08. The van der Waals surface area contributed by atoms with Crippen LogP contribution in [0.4, 0.5) is 0 Å². The van der Waals surface area contributed by atoms with E-state index in [4.69, 9.17) is 0 Å². The van der Waals surface area contributed by atoms with Crippen molar-refractivity contribution in [3.05, 3.63) is 35.7 Å². The third-order valence-electron chi connectivity index (χ3n) is 3.65. The average molecular weight is 289 g/mol. The van der Waals surface area contributed by atoms with Crippen LogP contribution in [0, 0.1) is 0 Å². The summed E-state index contributed by atoms with van der Waals surface area (Å²) in [5.41, 5.74) is 0.939. The molecule has 2 aromatic rings. The van der Waals surface area contributed by atoms with E-state index in [-0.39, 0.29) is 0 Å². The van der Waals surface area contributed by atoms with Crippen LogP contribution in [0.25, 0.3) is 0 Å². The van der Waals surface area contributed by atoms with Gasteiger partial charge in [0.25, 0.3) is 0 Å².